The normalized spacial score (nSPS) is 10.2. The fraction of sp³-hybridized carbons (Fsp3) is 0.500. The number of hydrogen-bond donors (Lipinski definition) is 1. The van der Waals surface area contributed by atoms with Gasteiger partial charge in [0.1, 0.15) is 6.61 Å². The smallest absolute Gasteiger partial charge is 0.359 e. The summed E-state index contributed by atoms with van der Waals surface area (Å²) < 4.78 is 10.2. The molecule has 1 aromatic heterocycles. The standard InChI is InChI=1S/C12H18N2O3/c1-2-3-7-16-8-9-17-12(15)11-10(13)5-4-6-14-11/h4-6H,2-3,7-9,13H2,1H3. The highest BCUT2D eigenvalue weighted by molar-refractivity contribution is 5.92. The van der Waals surface area contributed by atoms with Crippen molar-refractivity contribution in [3.63, 3.8) is 0 Å². The van der Waals surface area contributed by atoms with E-state index in [1.54, 1.807) is 12.1 Å². The minimum Gasteiger partial charge on any atom is -0.458 e. The number of pyridine rings is 1. The van der Waals surface area contributed by atoms with Gasteiger partial charge >= 0.3 is 5.97 Å². The van der Waals surface area contributed by atoms with Gasteiger partial charge in [0.05, 0.1) is 12.3 Å². The average molecular weight is 238 g/mol. The van der Waals surface area contributed by atoms with Crippen molar-refractivity contribution >= 4 is 11.7 Å². The van der Waals surface area contributed by atoms with Gasteiger partial charge in [-0.05, 0) is 18.6 Å². The van der Waals surface area contributed by atoms with Crippen LogP contribution in [0.25, 0.3) is 0 Å². The van der Waals surface area contributed by atoms with Crippen LogP contribution in [-0.2, 0) is 9.47 Å². The van der Waals surface area contributed by atoms with E-state index in [-0.39, 0.29) is 12.3 Å². The third-order valence-electron chi connectivity index (χ3n) is 2.14. The van der Waals surface area contributed by atoms with Crippen LogP contribution in [0, 0.1) is 0 Å². The Balaban J connectivity index is 2.24. The molecule has 5 nitrogen and oxygen atoms in total. The number of carbonyl (C=O) groups excluding carboxylic acids is 1. The van der Waals surface area contributed by atoms with E-state index in [4.69, 9.17) is 15.2 Å². The van der Waals surface area contributed by atoms with Crippen LogP contribution in [-0.4, -0.2) is 30.8 Å². The molecule has 0 unspecified atom stereocenters. The number of nitrogens with two attached hydrogens (primary N) is 1. The molecule has 1 rings (SSSR count). The van der Waals surface area contributed by atoms with Crippen LogP contribution in [0.2, 0.25) is 0 Å². The van der Waals surface area contributed by atoms with Gasteiger partial charge in [0.25, 0.3) is 0 Å². The van der Waals surface area contributed by atoms with Crippen LogP contribution in [0.5, 0.6) is 0 Å². The van der Waals surface area contributed by atoms with Gasteiger partial charge < -0.3 is 15.2 Å². The number of anilines is 1. The monoisotopic (exact) mass is 238 g/mol. The molecule has 0 fully saturated rings. The molecule has 94 valence electrons. The Morgan fingerprint density at radius 2 is 2.24 bits per heavy atom. The summed E-state index contributed by atoms with van der Waals surface area (Å²) in [5.41, 5.74) is 6.07. The highest BCUT2D eigenvalue weighted by Gasteiger charge is 2.11. The lowest BCUT2D eigenvalue weighted by atomic mass is 10.3. The van der Waals surface area contributed by atoms with Gasteiger partial charge in [-0.25, -0.2) is 9.78 Å². The zero-order valence-corrected chi connectivity index (χ0v) is 10.0. The van der Waals surface area contributed by atoms with Crippen LogP contribution in [0.1, 0.15) is 30.3 Å². The fourth-order valence-corrected chi connectivity index (χ4v) is 1.20. The first-order valence-corrected chi connectivity index (χ1v) is 5.71. The molecular weight excluding hydrogens is 220 g/mol. The van der Waals surface area contributed by atoms with Gasteiger partial charge in [0.2, 0.25) is 0 Å². The van der Waals surface area contributed by atoms with Crippen LogP contribution in [0.3, 0.4) is 0 Å². The SMILES string of the molecule is CCCCOCCOC(=O)c1ncccc1N. The summed E-state index contributed by atoms with van der Waals surface area (Å²) in [6, 6.07) is 3.28. The second-order valence-electron chi connectivity index (χ2n) is 3.54. The van der Waals surface area contributed by atoms with Gasteiger partial charge in [-0.15, -0.1) is 0 Å². The van der Waals surface area contributed by atoms with Crippen molar-refractivity contribution < 1.29 is 14.3 Å². The van der Waals surface area contributed by atoms with Crippen LogP contribution in [0.15, 0.2) is 18.3 Å². The molecule has 0 aliphatic carbocycles. The number of unbranched alkanes of at least 4 members (excludes halogenated alkanes) is 1. The van der Waals surface area contributed by atoms with Crippen molar-refractivity contribution in [2.45, 2.75) is 19.8 Å². The first-order chi connectivity index (χ1) is 8.25. The van der Waals surface area contributed by atoms with Gasteiger partial charge in [0.15, 0.2) is 5.69 Å². The summed E-state index contributed by atoms with van der Waals surface area (Å²) in [4.78, 5) is 15.4. The minimum absolute atomic E-state index is 0.154. The van der Waals surface area contributed by atoms with Crippen molar-refractivity contribution in [2.75, 3.05) is 25.6 Å². The topological polar surface area (TPSA) is 74.4 Å². The van der Waals surface area contributed by atoms with E-state index >= 15 is 0 Å². The molecule has 1 aromatic rings. The van der Waals surface area contributed by atoms with Crippen LogP contribution >= 0.6 is 0 Å². The molecule has 0 bridgehead atoms. The van der Waals surface area contributed by atoms with E-state index in [2.05, 4.69) is 11.9 Å². The van der Waals surface area contributed by atoms with Gasteiger partial charge in [-0.1, -0.05) is 13.3 Å². The molecule has 0 saturated heterocycles. The summed E-state index contributed by atoms with van der Waals surface area (Å²) in [6.07, 6.45) is 3.61. The summed E-state index contributed by atoms with van der Waals surface area (Å²) in [7, 11) is 0. The zero-order chi connectivity index (χ0) is 12.5. The maximum absolute atomic E-state index is 11.5. The fourth-order valence-electron chi connectivity index (χ4n) is 1.20. The maximum Gasteiger partial charge on any atom is 0.359 e. The Bertz CT molecular complexity index is 355. The summed E-state index contributed by atoms with van der Waals surface area (Å²) in [5.74, 6) is -0.512. The molecule has 2 N–H and O–H groups in total. The van der Waals surface area contributed by atoms with E-state index in [9.17, 15) is 4.79 Å². The van der Waals surface area contributed by atoms with Gasteiger partial charge in [-0.2, -0.15) is 0 Å². The molecule has 5 heteroatoms. The number of aromatic nitrogens is 1. The first kappa shape index (κ1) is 13.4. The molecule has 0 amide bonds. The molecule has 0 aromatic carbocycles. The maximum atomic E-state index is 11.5. The third kappa shape index (κ3) is 4.82. The molecular formula is C12H18N2O3. The highest BCUT2D eigenvalue weighted by Crippen LogP contribution is 2.08. The summed E-state index contributed by atoms with van der Waals surface area (Å²) >= 11 is 0. The van der Waals surface area contributed by atoms with E-state index in [0.29, 0.717) is 18.9 Å². The predicted molar refractivity (Wildman–Crippen MR) is 64.7 cm³/mol. The van der Waals surface area contributed by atoms with E-state index in [1.165, 1.54) is 6.20 Å². The first-order valence-electron chi connectivity index (χ1n) is 5.71. The lowest BCUT2D eigenvalue weighted by Gasteiger charge is -2.06. The number of nitrogens with zero attached hydrogens (tertiary/aromatic N) is 1. The Hall–Kier alpha value is -1.62. The van der Waals surface area contributed by atoms with Crippen LogP contribution in [0.4, 0.5) is 5.69 Å². The van der Waals surface area contributed by atoms with Gasteiger partial charge in [-0.3, -0.25) is 0 Å². The Morgan fingerprint density at radius 1 is 1.41 bits per heavy atom. The Morgan fingerprint density at radius 3 is 2.94 bits per heavy atom. The average Bonchev–Trinajstić information content (AvgIpc) is 2.34. The minimum atomic E-state index is -0.512. The number of esters is 1. The van der Waals surface area contributed by atoms with Crippen molar-refractivity contribution in [1.82, 2.24) is 4.98 Å². The van der Waals surface area contributed by atoms with Crippen molar-refractivity contribution in [3.05, 3.63) is 24.0 Å². The predicted octanol–water partition coefficient (Wildman–Crippen LogP) is 1.64. The molecule has 0 saturated carbocycles. The molecule has 17 heavy (non-hydrogen) atoms. The van der Waals surface area contributed by atoms with Crippen molar-refractivity contribution in [3.8, 4) is 0 Å². The van der Waals surface area contributed by atoms with E-state index in [1.807, 2.05) is 0 Å². The number of hydrogen-bond acceptors (Lipinski definition) is 5. The van der Waals surface area contributed by atoms with E-state index < -0.39 is 5.97 Å². The summed E-state index contributed by atoms with van der Waals surface area (Å²) in [6.45, 7) is 3.41. The highest BCUT2D eigenvalue weighted by atomic mass is 16.6. The number of rotatable bonds is 7. The Kier molecular flexibility index (Phi) is 6.03. The van der Waals surface area contributed by atoms with Gasteiger partial charge in [0, 0.05) is 12.8 Å². The number of carbonyl (C=O) groups is 1. The molecule has 0 radical (unpaired) electrons. The van der Waals surface area contributed by atoms with Crippen molar-refractivity contribution in [2.24, 2.45) is 0 Å². The molecule has 1 heterocycles. The van der Waals surface area contributed by atoms with Crippen LogP contribution < -0.4 is 5.73 Å². The lowest BCUT2D eigenvalue weighted by Crippen LogP contribution is -2.14. The molecule has 0 aliphatic heterocycles. The second kappa shape index (κ2) is 7.62. The number of nitrogen functional groups attached to an aromatic ring is 1. The summed E-state index contributed by atoms with van der Waals surface area (Å²) in [5, 5.41) is 0. The lowest BCUT2D eigenvalue weighted by molar-refractivity contribution is 0.0309. The third-order valence-corrected chi connectivity index (χ3v) is 2.14. The number of ether oxygens (including phenoxy) is 2. The van der Waals surface area contributed by atoms with E-state index in [0.717, 1.165) is 12.8 Å². The largest absolute Gasteiger partial charge is 0.458 e. The zero-order valence-electron chi connectivity index (χ0n) is 10.0. The Labute approximate surface area is 101 Å². The molecule has 0 aliphatic rings. The second-order valence-corrected chi connectivity index (χ2v) is 3.54. The quantitative estimate of drug-likeness (QED) is 0.577. The van der Waals surface area contributed by atoms with Crippen molar-refractivity contribution in [1.29, 1.82) is 0 Å². The molecule has 0 atom stereocenters. The molecule has 0 spiro atoms.